The van der Waals surface area contributed by atoms with Crippen molar-refractivity contribution in [1.29, 1.82) is 0 Å². The van der Waals surface area contributed by atoms with Gasteiger partial charge in [0, 0.05) is 31.6 Å². The second-order valence-corrected chi connectivity index (χ2v) is 5.64. The highest BCUT2D eigenvalue weighted by Crippen LogP contribution is 2.30. The first-order valence-electron chi connectivity index (χ1n) is 7.78. The highest BCUT2D eigenvalue weighted by Gasteiger charge is 2.30. The largest absolute Gasteiger partial charge is 0.416 e. The normalized spacial score (nSPS) is 11.2. The Labute approximate surface area is 151 Å². The molecule has 2 amide bonds. The van der Waals surface area contributed by atoms with E-state index in [1.807, 2.05) is 0 Å². The van der Waals surface area contributed by atoms with E-state index in [-0.39, 0.29) is 24.3 Å². The summed E-state index contributed by atoms with van der Waals surface area (Å²) in [5, 5.41) is 2.24. The molecule has 0 aliphatic heterocycles. The van der Waals surface area contributed by atoms with Crippen molar-refractivity contribution in [3.05, 3.63) is 59.7 Å². The van der Waals surface area contributed by atoms with Crippen molar-refractivity contribution in [2.75, 3.05) is 16.8 Å². The summed E-state index contributed by atoms with van der Waals surface area (Å²) < 4.78 is 64.2. The van der Waals surface area contributed by atoms with Crippen LogP contribution in [0.2, 0.25) is 0 Å². The van der Waals surface area contributed by atoms with Gasteiger partial charge >= 0.3 is 6.18 Å². The third-order valence-electron chi connectivity index (χ3n) is 3.65. The minimum Gasteiger partial charge on any atom is -0.324 e. The fraction of sp³-hybridized carbons (Fsp3) is 0.222. The molecule has 2 aromatic rings. The van der Waals surface area contributed by atoms with Gasteiger partial charge in [-0.3, -0.25) is 9.59 Å². The Kier molecular flexibility index (Phi) is 6.14. The lowest BCUT2D eigenvalue weighted by atomic mass is 10.2. The highest BCUT2D eigenvalue weighted by molar-refractivity contribution is 5.94. The fourth-order valence-electron chi connectivity index (χ4n) is 2.32. The number of carbonyl (C=O) groups is 2. The molecular weight excluding hydrogens is 371 g/mol. The first-order valence-corrected chi connectivity index (χ1v) is 7.78. The number of hydrogen-bond acceptors (Lipinski definition) is 2. The summed E-state index contributed by atoms with van der Waals surface area (Å²) in [7, 11) is 0. The Morgan fingerprint density at radius 3 is 2.19 bits per heavy atom. The summed E-state index contributed by atoms with van der Waals surface area (Å²) in [6, 6.07) is 6.56. The number of anilines is 2. The van der Waals surface area contributed by atoms with Gasteiger partial charge in [-0.05, 0) is 36.4 Å². The van der Waals surface area contributed by atoms with Crippen molar-refractivity contribution in [3.8, 4) is 0 Å². The third-order valence-corrected chi connectivity index (χ3v) is 3.65. The number of alkyl halides is 3. The number of nitrogens with zero attached hydrogens (tertiary/aromatic N) is 1. The topological polar surface area (TPSA) is 49.4 Å². The molecule has 4 nitrogen and oxygen atoms in total. The Morgan fingerprint density at radius 2 is 1.67 bits per heavy atom. The number of halogens is 5. The van der Waals surface area contributed by atoms with Crippen LogP contribution in [0.4, 0.5) is 33.3 Å². The van der Waals surface area contributed by atoms with Gasteiger partial charge < -0.3 is 10.2 Å². The Hall–Kier alpha value is -2.97. The Bertz CT molecular complexity index is 835. The average molecular weight is 386 g/mol. The SMILES string of the molecule is CC(=O)N(CCC(=O)Nc1ccc(F)cc1F)c1ccc(C(F)(F)F)cc1. The van der Waals surface area contributed by atoms with E-state index in [0.29, 0.717) is 6.07 Å². The van der Waals surface area contributed by atoms with Crippen LogP contribution in [0.3, 0.4) is 0 Å². The molecule has 0 spiro atoms. The quantitative estimate of drug-likeness (QED) is 0.776. The van der Waals surface area contributed by atoms with E-state index >= 15 is 0 Å². The summed E-state index contributed by atoms with van der Waals surface area (Å²) in [5.74, 6) is -2.86. The van der Waals surface area contributed by atoms with Crippen LogP contribution in [0.15, 0.2) is 42.5 Å². The molecule has 0 aromatic heterocycles. The molecule has 0 saturated carbocycles. The maximum absolute atomic E-state index is 13.5. The van der Waals surface area contributed by atoms with Crippen LogP contribution in [0, 0.1) is 11.6 Å². The van der Waals surface area contributed by atoms with Crippen LogP contribution < -0.4 is 10.2 Å². The molecular formula is C18H15F5N2O2. The standard InChI is InChI=1S/C18H15F5N2O2/c1-11(26)25(14-5-2-12(3-6-14)18(21,22)23)9-8-17(27)24-16-7-4-13(19)10-15(16)20/h2-7,10H,8-9H2,1H3,(H,24,27). The lowest BCUT2D eigenvalue weighted by molar-refractivity contribution is -0.137. The molecule has 0 atom stereocenters. The van der Waals surface area contributed by atoms with E-state index in [2.05, 4.69) is 5.32 Å². The van der Waals surface area contributed by atoms with Gasteiger partial charge in [-0.1, -0.05) is 0 Å². The first-order chi connectivity index (χ1) is 12.6. The Morgan fingerprint density at radius 1 is 1.04 bits per heavy atom. The predicted octanol–water partition coefficient (Wildman–Crippen LogP) is 4.37. The zero-order valence-electron chi connectivity index (χ0n) is 14.1. The van der Waals surface area contributed by atoms with Gasteiger partial charge in [0.15, 0.2) is 0 Å². The third kappa shape index (κ3) is 5.50. The number of hydrogen-bond donors (Lipinski definition) is 1. The van der Waals surface area contributed by atoms with Gasteiger partial charge in [0.25, 0.3) is 0 Å². The molecule has 27 heavy (non-hydrogen) atoms. The molecule has 144 valence electrons. The van der Waals surface area contributed by atoms with E-state index in [0.717, 1.165) is 41.3 Å². The predicted molar refractivity (Wildman–Crippen MR) is 89.1 cm³/mol. The first kappa shape index (κ1) is 20.3. The number of carbonyl (C=O) groups excluding carboxylic acids is 2. The summed E-state index contributed by atoms with van der Waals surface area (Å²) in [5.41, 5.74) is -0.888. The van der Waals surface area contributed by atoms with Crippen LogP contribution in [-0.2, 0) is 15.8 Å². The Balaban J connectivity index is 2.04. The van der Waals surface area contributed by atoms with Crippen LogP contribution in [0.25, 0.3) is 0 Å². The van der Waals surface area contributed by atoms with Crippen molar-refractivity contribution >= 4 is 23.2 Å². The van der Waals surface area contributed by atoms with Crippen LogP contribution >= 0.6 is 0 Å². The summed E-state index contributed by atoms with van der Waals surface area (Å²) in [4.78, 5) is 24.8. The molecule has 0 aliphatic rings. The molecule has 0 radical (unpaired) electrons. The summed E-state index contributed by atoms with van der Waals surface area (Å²) in [6.07, 6.45) is -4.74. The smallest absolute Gasteiger partial charge is 0.324 e. The van der Waals surface area contributed by atoms with E-state index < -0.39 is 35.2 Å². The molecule has 0 unspecified atom stereocenters. The molecule has 1 N–H and O–H groups in total. The van der Waals surface area contributed by atoms with Gasteiger partial charge in [0.05, 0.1) is 11.3 Å². The average Bonchev–Trinajstić information content (AvgIpc) is 2.57. The van der Waals surface area contributed by atoms with Gasteiger partial charge in [-0.15, -0.1) is 0 Å². The van der Waals surface area contributed by atoms with Crippen molar-refractivity contribution in [3.63, 3.8) is 0 Å². The number of amides is 2. The van der Waals surface area contributed by atoms with Gasteiger partial charge in [0.1, 0.15) is 11.6 Å². The van der Waals surface area contributed by atoms with Gasteiger partial charge in [0.2, 0.25) is 11.8 Å². The van der Waals surface area contributed by atoms with Gasteiger partial charge in [-0.25, -0.2) is 8.78 Å². The lowest BCUT2D eigenvalue weighted by Gasteiger charge is -2.21. The van der Waals surface area contributed by atoms with Crippen LogP contribution in [-0.4, -0.2) is 18.4 Å². The van der Waals surface area contributed by atoms with E-state index in [4.69, 9.17) is 0 Å². The lowest BCUT2D eigenvalue weighted by Crippen LogP contribution is -2.32. The van der Waals surface area contributed by atoms with E-state index in [1.165, 1.54) is 6.92 Å². The molecule has 0 heterocycles. The minimum atomic E-state index is -4.50. The molecule has 0 fully saturated rings. The number of benzene rings is 2. The molecule has 0 saturated heterocycles. The second kappa shape index (κ2) is 8.15. The number of rotatable bonds is 5. The van der Waals surface area contributed by atoms with E-state index in [9.17, 15) is 31.5 Å². The molecule has 2 rings (SSSR count). The monoisotopic (exact) mass is 386 g/mol. The van der Waals surface area contributed by atoms with Crippen molar-refractivity contribution in [2.24, 2.45) is 0 Å². The second-order valence-electron chi connectivity index (χ2n) is 5.64. The number of nitrogens with one attached hydrogen (secondary N) is 1. The van der Waals surface area contributed by atoms with Crippen molar-refractivity contribution in [2.45, 2.75) is 19.5 Å². The van der Waals surface area contributed by atoms with Crippen LogP contribution in [0.1, 0.15) is 18.9 Å². The minimum absolute atomic E-state index is 0.130. The van der Waals surface area contributed by atoms with Gasteiger partial charge in [-0.2, -0.15) is 13.2 Å². The molecule has 9 heteroatoms. The zero-order chi connectivity index (χ0) is 20.2. The summed E-state index contributed by atoms with van der Waals surface area (Å²) in [6.45, 7) is 1.07. The van der Waals surface area contributed by atoms with Crippen LogP contribution in [0.5, 0.6) is 0 Å². The summed E-state index contributed by atoms with van der Waals surface area (Å²) >= 11 is 0. The molecule has 0 bridgehead atoms. The highest BCUT2D eigenvalue weighted by atomic mass is 19.4. The molecule has 0 aliphatic carbocycles. The van der Waals surface area contributed by atoms with Crippen molar-refractivity contribution in [1.82, 2.24) is 0 Å². The molecule has 2 aromatic carbocycles. The zero-order valence-corrected chi connectivity index (χ0v) is 14.1. The van der Waals surface area contributed by atoms with E-state index in [1.54, 1.807) is 0 Å². The maximum atomic E-state index is 13.5. The fourth-order valence-corrected chi connectivity index (χ4v) is 2.32. The van der Waals surface area contributed by atoms with Crippen molar-refractivity contribution < 1.29 is 31.5 Å². The maximum Gasteiger partial charge on any atom is 0.416 e.